The third-order valence-corrected chi connectivity index (χ3v) is 3.56. The summed E-state index contributed by atoms with van der Waals surface area (Å²) in [6, 6.07) is 8.09. The Balaban J connectivity index is 1.70. The lowest BCUT2D eigenvalue weighted by molar-refractivity contribution is 0.101. The van der Waals surface area contributed by atoms with Crippen molar-refractivity contribution >= 4 is 11.6 Å². The Morgan fingerprint density at radius 3 is 2.92 bits per heavy atom. The maximum atomic E-state index is 13.2. The van der Waals surface area contributed by atoms with Gasteiger partial charge in [0.2, 0.25) is 0 Å². The molecule has 3 aromatic rings. The van der Waals surface area contributed by atoms with Gasteiger partial charge in [-0.25, -0.2) is 4.39 Å². The Labute approximate surface area is 138 Å². The van der Waals surface area contributed by atoms with E-state index in [0.29, 0.717) is 24.5 Å². The average molecular weight is 327 g/mol. The van der Waals surface area contributed by atoms with Crippen LogP contribution in [0.25, 0.3) is 0 Å². The van der Waals surface area contributed by atoms with Crippen LogP contribution in [0.15, 0.2) is 42.7 Å². The number of aryl methyl sites for hydroxylation is 2. The highest BCUT2D eigenvalue weighted by Crippen LogP contribution is 2.12. The first-order chi connectivity index (χ1) is 11.5. The zero-order valence-electron chi connectivity index (χ0n) is 13.5. The molecule has 0 saturated carbocycles. The summed E-state index contributed by atoms with van der Waals surface area (Å²) in [6.07, 6.45) is 3.28. The number of hydrogen-bond acceptors (Lipinski definition) is 3. The lowest BCUT2D eigenvalue weighted by Crippen LogP contribution is -2.17. The van der Waals surface area contributed by atoms with Crippen molar-refractivity contribution in [3.8, 4) is 0 Å². The number of halogens is 1. The van der Waals surface area contributed by atoms with Gasteiger partial charge in [-0.2, -0.15) is 10.2 Å². The molecule has 0 aliphatic heterocycles. The van der Waals surface area contributed by atoms with Crippen LogP contribution in [0.2, 0.25) is 0 Å². The van der Waals surface area contributed by atoms with Crippen molar-refractivity contribution in [3.63, 3.8) is 0 Å². The first-order valence-corrected chi connectivity index (χ1v) is 7.68. The highest BCUT2D eigenvalue weighted by atomic mass is 19.1. The quantitative estimate of drug-likeness (QED) is 0.784. The zero-order valence-corrected chi connectivity index (χ0v) is 13.5. The number of rotatable bonds is 5. The normalized spacial score (nSPS) is 10.8. The molecule has 0 unspecified atom stereocenters. The van der Waals surface area contributed by atoms with Crippen molar-refractivity contribution in [3.05, 3.63) is 65.5 Å². The predicted octanol–water partition coefficient (Wildman–Crippen LogP) is 2.85. The van der Waals surface area contributed by atoms with Crippen molar-refractivity contribution in [1.82, 2.24) is 19.6 Å². The number of carbonyl (C=O) groups excluding carboxylic acids is 1. The van der Waals surface area contributed by atoms with Gasteiger partial charge >= 0.3 is 0 Å². The molecular formula is C17H18FN5O. The summed E-state index contributed by atoms with van der Waals surface area (Å²) in [5.41, 5.74) is 2.69. The summed E-state index contributed by atoms with van der Waals surface area (Å²) < 4.78 is 16.5. The van der Waals surface area contributed by atoms with Gasteiger partial charge < -0.3 is 5.32 Å². The lowest BCUT2D eigenvalue weighted by Gasteiger charge is -2.04. The van der Waals surface area contributed by atoms with Crippen LogP contribution in [0.4, 0.5) is 10.1 Å². The number of anilines is 1. The van der Waals surface area contributed by atoms with E-state index in [9.17, 15) is 9.18 Å². The van der Waals surface area contributed by atoms with Crippen molar-refractivity contribution in [1.29, 1.82) is 0 Å². The van der Waals surface area contributed by atoms with Crippen LogP contribution < -0.4 is 5.32 Å². The van der Waals surface area contributed by atoms with E-state index in [2.05, 4.69) is 15.5 Å². The fraction of sp³-hybridized carbons (Fsp3) is 0.235. The fourth-order valence-corrected chi connectivity index (χ4v) is 2.50. The molecule has 0 saturated heterocycles. The van der Waals surface area contributed by atoms with E-state index >= 15 is 0 Å². The van der Waals surface area contributed by atoms with Crippen LogP contribution in [0.1, 0.15) is 28.7 Å². The Hall–Kier alpha value is -2.96. The van der Waals surface area contributed by atoms with Gasteiger partial charge in [0.1, 0.15) is 11.5 Å². The van der Waals surface area contributed by atoms with Crippen LogP contribution in [-0.2, 0) is 13.1 Å². The van der Waals surface area contributed by atoms with E-state index in [0.717, 1.165) is 11.3 Å². The summed E-state index contributed by atoms with van der Waals surface area (Å²) in [5, 5.41) is 11.3. The number of benzene rings is 1. The molecule has 7 heteroatoms. The largest absolute Gasteiger partial charge is 0.318 e. The summed E-state index contributed by atoms with van der Waals surface area (Å²) in [5.74, 6) is -0.515. The summed E-state index contributed by atoms with van der Waals surface area (Å²) in [6.45, 7) is 4.83. The van der Waals surface area contributed by atoms with E-state index in [4.69, 9.17) is 0 Å². The third-order valence-electron chi connectivity index (χ3n) is 3.56. The van der Waals surface area contributed by atoms with Crippen molar-refractivity contribution in [2.45, 2.75) is 26.9 Å². The predicted molar refractivity (Wildman–Crippen MR) is 88.3 cm³/mol. The van der Waals surface area contributed by atoms with Gasteiger partial charge in [0.15, 0.2) is 0 Å². The Kier molecular flexibility index (Phi) is 4.41. The maximum absolute atomic E-state index is 13.2. The molecule has 1 N–H and O–H groups in total. The van der Waals surface area contributed by atoms with Gasteiger partial charge in [0.25, 0.3) is 5.91 Å². The van der Waals surface area contributed by atoms with Crippen LogP contribution in [0.5, 0.6) is 0 Å². The van der Waals surface area contributed by atoms with Gasteiger partial charge in [-0.3, -0.25) is 14.2 Å². The SMILES string of the molecule is CCn1nc(C)cc1C(=O)Nc1cnn(Cc2cccc(F)c2)c1. The highest BCUT2D eigenvalue weighted by molar-refractivity contribution is 6.03. The molecule has 0 atom stereocenters. The molecule has 0 aliphatic rings. The first-order valence-electron chi connectivity index (χ1n) is 7.68. The monoisotopic (exact) mass is 327 g/mol. The Morgan fingerprint density at radius 2 is 2.17 bits per heavy atom. The van der Waals surface area contributed by atoms with Crippen LogP contribution in [0.3, 0.4) is 0 Å². The van der Waals surface area contributed by atoms with Crippen LogP contribution in [-0.4, -0.2) is 25.5 Å². The van der Waals surface area contributed by atoms with Gasteiger partial charge in [0, 0.05) is 12.7 Å². The highest BCUT2D eigenvalue weighted by Gasteiger charge is 2.14. The second-order valence-electron chi connectivity index (χ2n) is 5.50. The van der Waals surface area contributed by atoms with Crippen molar-refractivity contribution in [2.75, 3.05) is 5.32 Å². The molecule has 2 heterocycles. The fourth-order valence-electron chi connectivity index (χ4n) is 2.50. The van der Waals surface area contributed by atoms with Crippen molar-refractivity contribution < 1.29 is 9.18 Å². The molecule has 0 radical (unpaired) electrons. The smallest absolute Gasteiger partial charge is 0.274 e. The maximum Gasteiger partial charge on any atom is 0.274 e. The van der Waals surface area contributed by atoms with Gasteiger partial charge in [0.05, 0.1) is 24.1 Å². The molecule has 6 nitrogen and oxygen atoms in total. The minimum Gasteiger partial charge on any atom is -0.318 e. The summed E-state index contributed by atoms with van der Waals surface area (Å²) in [4.78, 5) is 12.4. The number of nitrogens with one attached hydrogen (secondary N) is 1. The number of carbonyl (C=O) groups is 1. The van der Waals surface area contributed by atoms with Crippen LogP contribution in [0, 0.1) is 12.7 Å². The Bertz CT molecular complexity index is 868. The molecular weight excluding hydrogens is 309 g/mol. The standard InChI is InChI=1S/C17H18FN5O/c1-3-23-16(7-12(2)21-23)17(24)20-15-9-19-22(11-15)10-13-5-4-6-14(18)8-13/h4-9,11H,3,10H2,1-2H3,(H,20,24). The molecule has 2 aromatic heterocycles. The minimum absolute atomic E-state index is 0.234. The van der Waals surface area contributed by atoms with E-state index in [1.807, 2.05) is 19.9 Å². The molecule has 1 amide bonds. The minimum atomic E-state index is -0.281. The van der Waals surface area contributed by atoms with E-state index in [-0.39, 0.29) is 11.7 Å². The third kappa shape index (κ3) is 3.51. The number of hydrogen-bond donors (Lipinski definition) is 1. The average Bonchev–Trinajstić information content (AvgIpc) is 3.13. The van der Waals surface area contributed by atoms with E-state index in [1.165, 1.54) is 12.1 Å². The van der Waals surface area contributed by atoms with E-state index < -0.39 is 0 Å². The molecule has 3 rings (SSSR count). The second kappa shape index (κ2) is 6.66. The molecule has 24 heavy (non-hydrogen) atoms. The number of aromatic nitrogens is 4. The molecule has 0 spiro atoms. The van der Waals surface area contributed by atoms with Gasteiger partial charge in [-0.1, -0.05) is 12.1 Å². The van der Waals surface area contributed by atoms with Crippen LogP contribution >= 0.6 is 0 Å². The summed E-state index contributed by atoms with van der Waals surface area (Å²) >= 11 is 0. The first kappa shape index (κ1) is 15.9. The molecule has 0 fully saturated rings. The van der Waals surface area contributed by atoms with Gasteiger partial charge in [-0.05, 0) is 37.6 Å². The second-order valence-corrected chi connectivity index (χ2v) is 5.50. The van der Waals surface area contributed by atoms with Gasteiger partial charge in [-0.15, -0.1) is 0 Å². The topological polar surface area (TPSA) is 64.7 Å². The molecule has 0 aliphatic carbocycles. The molecule has 0 bridgehead atoms. The summed E-state index contributed by atoms with van der Waals surface area (Å²) in [7, 11) is 0. The number of amides is 1. The molecule has 1 aromatic carbocycles. The zero-order chi connectivity index (χ0) is 17.1. The lowest BCUT2D eigenvalue weighted by atomic mass is 10.2. The Morgan fingerprint density at radius 1 is 1.33 bits per heavy atom. The van der Waals surface area contributed by atoms with Crippen molar-refractivity contribution in [2.24, 2.45) is 0 Å². The number of nitrogens with zero attached hydrogens (tertiary/aromatic N) is 4. The van der Waals surface area contributed by atoms with E-state index in [1.54, 1.807) is 33.9 Å². The molecule has 124 valence electrons.